The SMILES string of the molecule is CC1(c2nnc(-c3nn(-c4ccc(Cl)cc4Cl)c(-c4ccc(Cl)cc4)c3Cn3cncn3)s2)CC1. The Morgan fingerprint density at radius 2 is 1.77 bits per heavy atom. The van der Waals surface area contributed by atoms with Crippen molar-refractivity contribution < 1.29 is 0 Å². The summed E-state index contributed by atoms with van der Waals surface area (Å²) < 4.78 is 3.60. The number of halogens is 3. The second-order valence-corrected chi connectivity index (χ2v) is 11.0. The third kappa shape index (κ3) is 4.25. The summed E-state index contributed by atoms with van der Waals surface area (Å²) >= 11 is 20.6. The Morgan fingerprint density at radius 1 is 1.00 bits per heavy atom. The van der Waals surface area contributed by atoms with E-state index in [0.717, 1.165) is 45.4 Å². The van der Waals surface area contributed by atoms with E-state index in [0.29, 0.717) is 27.3 Å². The van der Waals surface area contributed by atoms with E-state index < -0.39 is 0 Å². The number of benzene rings is 2. The van der Waals surface area contributed by atoms with Gasteiger partial charge in [0.05, 0.1) is 22.9 Å². The summed E-state index contributed by atoms with van der Waals surface area (Å²) in [7, 11) is 0. The van der Waals surface area contributed by atoms with E-state index in [1.165, 1.54) is 6.33 Å². The van der Waals surface area contributed by atoms with Crippen LogP contribution in [-0.4, -0.2) is 34.7 Å². The minimum atomic E-state index is 0.114. The first-order chi connectivity index (χ1) is 16.9. The maximum Gasteiger partial charge on any atom is 0.168 e. The lowest BCUT2D eigenvalue weighted by atomic mass is 10.1. The maximum atomic E-state index is 6.65. The van der Waals surface area contributed by atoms with Gasteiger partial charge in [-0.25, -0.2) is 14.3 Å². The molecule has 176 valence electrons. The lowest BCUT2D eigenvalue weighted by Crippen LogP contribution is -2.04. The highest BCUT2D eigenvalue weighted by molar-refractivity contribution is 7.14. The highest BCUT2D eigenvalue weighted by atomic mass is 35.5. The molecule has 0 N–H and O–H groups in total. The molecule has 1 aliphatic carbocycles. The second kappa shape index (κ2) is 8.71. The summed E-state index contributed by atoms with van der Waals surface area (Å²) in [5.74, 6) is 0. The largest absolute Gasteiger partial charge is 0.248 e. The fraction of sp³-hybridized carbons (Fsp3) is 0.208. The molecule has 0 aliphatic heterocycles. The molecule has 6 rings (SSSR count). The van der Waals surface area contributed by atoms with Crippen LogP contribution >= 0.6 is 46.1 Å². The summed E-state index contributed by atoms with van der Waals surface area (Å²) in [4.78, 5) is 4.11. The number of rotatable bonds is 6. The zero-order chi connectivity index (χ0) is 24.2. The first-order valence-corrected chi connectivity index (χ1v) is 12.9. The molecule has 1 aliphatic rings. The summed E-state index contributed by atoms with van der Waals surface area (Å²) in [6.45, 7) is 2.66. The normalized spacial score (nSPS) is 14.4. The van der Waals surface area contributed by atoms with Gasteiger partial charge in [-0.3, -0.25) is 0 Å². The van der Waals surface area contributed by atoms with Gasteiger partial charge in [0.25, 0.3) is 0 Å². The number of hydrogen-bond acceptors (Lipinski definition) is 6. The smallest absolute Gasteiger partial charge is 0.168 e. The Labute approximate surface area is 220 Å². The van der Waals surface area contributed by atoms with Crippen molar-refractivity contribution in [2.75, 3.05) is 0 Å². The van der Waals surface area contributed by atoms with Crippen LogP contribution in [0.5, 0.6) is 0 Å². The average Bonchev–Trinajstić information content (AvgIpc) is 3.25. The molecule has 0 radical (unpaired) electrons. The van der Waals surface area contributed by atoms with Crippen molar-refractivity contribution in [1.29, 1.82) is 0 Å². The fourth-order valence-corrected chi connectivity index (χ4v) is 5.62. The topological polar surface area (TPSA) is 74.3 Å². The van der Waals surface area contributed by atoms with Gasteiger partial charge in [-0.2, -0.15) is 10.2 Å². The number of nitrogens with zero attached hydrogens (tertiary/aromatic N) is 7. The van der Waals surface area contributed by atoms with Gasteiger partial charge in [0, 0.05) is 26.6 Å². The van der Waals surface area contributed by atoms with Crippen LogP contribution in [0.15, 0.2) is 55.1 Å². The molecule has 1 saturated carbocycles. The molecule has 0 atom stereocenters. The molecule has 0 bridgehead atoms. The Morgan fingerprint density at radius 3 is 2.46 bits per heavy atom. The minimum Gasteiger partial charge on any atom is -0.248 e. The van der Waals surface area contributed by atoms with Crippen molar-refractivity contribution in [2.45, 2.75) is 31.7 Å². The minimum absolute atomic E-state index is 0.114. The van der Waals surface area contributed by atoms with Crippen molar-refractivity contribution in [3.8, 4) is 27.6 Å². The van der Waals surface area contributed by atoms with Crippen LogP contribution in [-0.2, 0) is 12.0 Å². The van der Waals surface area contributed by atoms with Crippen LogP contribution in [0, 0.1) is 0 Å². The highest BCUT2D eigenvalue weighted by Gasteiger charge is 2.43. The van der Waals surface area contributed by atoms with Crippen LogP contribution in [0.4, 0.5) is 0 Å². The molecule has 7 nitrogen and oxygen atoms in total. The molecule has 3 heterocycles. The van der Waals surface area contributed by atoms with Crippen molar-refractivity contribution in [3.63, 3.8) is 0 Å². The van der Waals surface area contributed by atoms with Crippen LogP contribution < -0.4 is 0 Å². The second-order valence-electron chi connectivity index (χ2n) is 8.76. The molecule has 3 aromatic heterocycles. The molecule has 35 heavy (non-hydrogen) atoms. The standard InChI is InChI=1S/C24H18Cl3N7S/c1-24(8-9-24)23-31-30-22(35-23)20-17(11-33-13-28-12-29-33)21(14-2-4-15(25)5-3-14)34(32-20)19-7-6-16(26)10-18(19)27/h2-7,10,12-13H,8-9,11H2,1H3. The van der Waals surface area contributed by atoms with Gasteiger partial charge in [0.15, 0.2) is 5.01 Å². The Kier molecular flexibility index (Phi) is 5.64. The summed E-state index contributed by atoms with van der Waals surface area (Å²) in [5.41, 5.74) is 4.24. The van der Waals surface area contributed by atoms with Crippen molar-refractivity contribution in [1.82, 2.24) is 34.7 Å². The Balaban J connectivity index is 1.61. The van der Waals surface area contributed by atoms with Gasteiger partial charge in [0.1, 0.15) is 23.4 Å². The summed E-state index contributed by atoms with van der Waals surface area (Å²) in [6, 6.07) is 13.0. The third-order valence-electron chi connectivity index (χ3n) is 6.17. The monoisotopic (exact) mass is 541 g/mol. The molecular weight excluding hydrogens is 525 g/mol. The fourth-order valence-electron chi connectivity index (χ4n) is 3.94. The quantitative estimate of drug-likeness (QED) is 0.238. The lowest BCUT2D eigenvalue weighted by Gasteiger charge is -2.12. The van der Waals surface area contributed by atoms with Gasteiger partial charge in [0.2, 0.25) is 0 Å². The molecule has 1 fully saturated rings. The van der Waals surface area contributed by atoms with Crippen LogP contribution in [0.2, 0.25) is 15.1 Å². The van der Waals surface area contributed by atoms with Crippen molar-refractivity contribution >= 4 is 46.1 Å². The van der Waals surface area contributed by atoms with E-state index in [9.17, 15) is 0 Å². The molecule has 2 aromatic carbocycles. The molecular formula is C24H18Cl3N7S. The highest BCUT2D eigenvalue weighted by Crippen LogP contribution is 2.49. The maximum absolute atomic E-state index is 6.65. The van der Waals surface area contributed by atoms with Gasteiger partial charge >= 0.3 is 0 Å². The van der Waals surface area contributed by atoms with E-state index in [1.54, 1.807) is 34.5 Å². The first-order valence-electron chi connectivity index (χ1n) is 10.9. The molecule has 11 heteroatoms. The summed E-state index contributed by atoms with van der Waals surface area (Å²) in [6.07, 6.45) is 5.44. The zero-order valence-electron chi connectivity index (χ0n) is 18.5. The molecule has 0 saturated heterocycles. The average molecular weight is 543 g/mol. The number of aromatic nitrogens is 7. The van der Waals surface area contributed by atoms with E-state index in [4.69, 9.17) is 39.9 Å². The molecule has 5 aromatic rings. The van der Waals surface area contributed by atoms with Gasteiger partial charge in [-0.1, -0.05) is 65.2 Å². The first kappa shape index (κ1) is 22.7. The van der Waals surface area contributed by atoms with Gasteiger partial charge in [-0.05, 0) is 43.2 Å². The van der Waals surface area contributed by atoms with Crippen molar-refractivity contribution in [3.05, 3.63) is 80.8 Å². The van der Waals surface area contributed by atoms with E-state index >= 15 is 0 Å². The zero-order valence-corrected chi connectivity index (χ0v) is 21.6. The van der Waals surface area contributed by atoms with Crippen LogP contribution in [0.1, 0.15) is 30.3 Å². The molecule has 0 unspecified atom stereocenters. The number of hydrogen-bond donors (Lipinski definition) is 0. The molecule has 0 spiro atoms. The lowest BCUT2D eigenvalue weighted by molar-refractivity contribution is 0.686. The van der Waals surface area contributed by atoms with Gasteiger partial charge < -0.3 is 0 Å². The predicted molar refractivity (Wildman–Crippen MR) is 139 cm³/mol. The van der Waals surface area contributed by atoms with Gasteiger partial charge in [-0.15, -0.1) is 10.2 Å². The van der Waals surface area contributed by atoms with E-state index in [2.05, 4.69) is 27.2 Å². The van der Waals surface area contributed by atoms with Crippen LogP contribution in [0.25, 0.3) is 27.6 Å². The van der Waals surface area contributed by atoms with E-state index in [-0.39, 0.29) is 5.41 Å². The van der Waals surface area contributed by atoms with Crippen LogP contribution in [0.3, 0.4) is 0 Å². The van der Waals surface area contributed by atoms with Crippen molar-refractivity contribution in [2.24, 2.45) is 0 Å². The summed E-state index contributed by atoms with van der Waals surface area (Å²) in [5, 5.41) is 21.9. The molecule has 0 amide bonds. The Bertz CT molecular complexity index is 1520. The predicted octanol–water partition coefficient (Wildman–Crippen LogP) is 6.71. The third-order valence-corrected chi connectivity index (χ3v) is 8.20. The Hall–Kier alpha value is -2.78. The van der Waals surface area contributed by atoms with E-state index in [1.807, 2.05) is 35.0 Å².